The van der Waals surface area contributed by atoms with Crippen LogP contribution in [0.1, 0.15) is 149 Å². The highest BCUT2D eigenvalue weighted by Crippen LogP contribution is 2.43. The molecule has 0 spiro atoms. The number of likely N-dealkylation sites (N-methyl/N-ethyl adjacent to an activating group) is 1. The number of phosphoric acid groups is 1. The number of hydrogen-bond acceptors (Lipinski definition) is 5. The summed E-state index contributed by atoms with van der Waals surface area (Å²) in [4.78, 5) is 23.0. The Labute approximate surface area is 325 Å². The number of amides is 1. The smallest absolute Gasteiger partial charge is 0.387 e. The van der Waals surface area contributed by atoms with Crippen molar-refractivity contribution in [1.82, 2.24) is 5.32 Å². The van der Waals surface area contributed by atoms with Crippen molar-refractivity contribution < 1.29 is 32.9 Å². The lowest BCUT2D eigenvalue weighted by Gasteiger charge is -2.25. The van der Waals surface area contributed by atoms with Gasteiger partial charge in [-0.05, 0) is 64.2 Å². The third-order valence-corrected chi connectivity index (χ3v) is 9.67. The molecule has 0 aliphatic heterocycles. The van der Waals surface area contributed by atoms with Crippen molar-refractivity contribution in [1.29, 1.82) is 0 Å². The second-order valence-electron chi connectivity index (χ2n) is 15.0. The van der Waals surface area contributed by atoms with Crippen LogP contribution in [0.2, 0.25) is 0 Å². The second-order valence-corrected chi connectivity index (χ2v) is 16.4. The van der Waals surface area contributed by atoms with Gasteiger partial charge in [0.15, 0.2) is 0 Å². The highest BCUT2D eigenvalue weighted by Gasteiger charge is 2.27. The van der Waals surface area contributed by atoms with Crippen molar-refractivity contribution >= 4 is 13.7 Å². The molecule has 0 saturated heterocycles. The fraction of sp³-hybridized carbons (Fsp3) is 0.705. The van der Waals surface area contributed by atoms with Crippen molar-refractivity contribution in [3.63, 3.8) is 0 Å². The summed E-state index contributed by atoms with van der Waals surface area (Å²) in [5.74, 6) is -0.197. The number of rotatable bonds is 36. The van der Waals surface area contributed by atoms with Crippen LogP contribution in [0.4, 0.5) is 0 Å². The molecule has 0 rings (SSSR count). The van der Waals surface area contributed by atoms with E-state index in [4.69, 9.17) is 9.05 Å². The van der Waals surface area contributed by atoms with E-state index in [0.29, 0.717) is 17.4 Å². The molecular formula is C44H80N2O6P+. The highest BCUT2D eigenvalue weighted by molar-refractivity contribution is 7.47. The van der Waals surface area contributed by atoms with E-state index < -0.39 is 20.0 Å². The predicted octanol–water partition coefficient (Wildman–Crippen LogP) is 11.2. The first-order valence-electron chi connectivity index (χ1n) is 20.8. The Kier molecular flexibility index (Phi) is 34.2. The number of carbonyl (C=O) groups is 1. The maximum absolute atomic E-state index is 12.8. The van der Waals surface area contributed by atoms with Crippen molar-refractivity contribution in [3.8, 4) is 0 Å². The summed E-state index contributed by atoms with van der Waals surface area (Å²) >= 11 is 0. The van der Waals surface area contributed by atoms with Crippen LogP contribution in [0.15, 0.2) is 72.9 Å². The molecule has 0 aliphatic carbocycles. The number of aliphatic hydroxyl groups is 1. The van der Waals surface area contributed by atoms with E-state index in [1.165, 1.54) is 44.9 Å². The summed E-state index contributed by atoms with van der Waals surface area (Å²) in [6, 6.07) is -0.853. The molecule has 0 aromatic carbocycles. The molecule has 0 aliphatic rings. The maximum Gasteiger partial charge on any atom is 0.472 e. The van der Waals surface area contributed by atoms with Crippen LogP contribution in [-0.2, 0) is 18.4 Å². The number of nitrogens with zero attached hydrogens (tertiary/aromatic N) is 1. The molecular weight excluding hydrogens is 683 g/mol. The number of allylic oxidation sites excluding steroid dienone is 11. The summed E-state index contributed by atoms with van der Waals surface area (Å²) in [5.41, 5.74) is 0. The van der Waals surface area contributed by atoms with Crippen molar-refractivity contribution in [2.24, 2.45) is 0 Å². The van der Waals surface area contributed by atoms with E-state index in [1.54, 1.807) is 6.08 Å². The van der Waals surface area contributed by atoms with Gasteiger partial charge < -0.3 is 19.8 Å². The van der Waals surface area contributed by atoms with E-state index in [-0.39, 0.29) is 19.1 Å². The van der Waals surface area contributed by atoms with Gasteiger partial charge >= 0.3 is 7.82 Å². The summed E-state index contributed by atoms with van der Waals surface area (Å²) in [6.45, 7) is 4.62. The molecule has 1 amide bonds. The molecule has 53 heavy (non-hydrogen) atoms. The van der Waals surface area contributed by atoms with Crippen LogP contribution in [0.5, 0.6) is 0 Å². The van der Waals surface area contributed by atoms with Crippen molar-refractivity contribution in [2.75, 3.05) is 40.9 Å². The molecule has 0 saturated carbocycles. The van der Waals surface area contributed by atoms with Gasteiger partial charge in [0.2, 0.25) is 5.91 Å². The Balaban J connectivity index is 4.31. The Morgan fingerprint density at radius 1 is 0.660 bits per heavy atom. The molecule has 8 nitrogen and oxygen atoms in total. The number of aliphatic hydroxyl groups excluding tert-OH is 1. The number of nitrogens with one attached hydrogen (secondary N) is 1. The van der Waals surface area contributed by atoms with Gasteiger partial charge in [-0.1, -0.05) is 151 Å². The number of unbranched alkanes of at least 4 members (excludes halogenated alkanes) is 13. The van der Waals surface area contributed by atoms with Crippen LogP contribution in [0, 0.1) is 0 Å². The largest absolute Gasteiger partial charge is 0.472 e. The van der Waals surface area contributed by atoms with Crippen LogP contribution < -0.4 is 5.32 Å². The zero-order valence-corrected chi connectivity index (χ0v) is 35.4. The van der Waals surface area contributed by atoms with Gasteiger partial charge in [0.1, 0.15) is 13.2 Å². The van der Waals surface area contributed by atoms with E-state index in [2.05, 4.69) is 79.9 Å². The average molecular weight is 764 g/mol. The fourth-order valence-electron chi connectivity index (χ4n) is 5.36. The van der Waals surface area contributed by atoms with Gasteiger partial charge in [-0.3, -0.25) is 13.8 Å². The van der Waals surface area contributed by atoms with E-state index in [9.17, 15) is 19.4 Å². The molecule has 0 bridgehead atoms. The van der Waals surface area contributed by atoms with Gasteiger partial charge in [0.05, 0.1) is 39.9 Å². The van der Waals surface area contributed by atoms with Gasteiger partial charge in [-0.2, -0.15) is 0 Å². The van der Waals surface area contributed by atoms with E-state index in [1.807, 2.05) is 27.2 Å². The lowest BCUT2D eigenvalue weighted by Crippen LogP contribution is -2.45. The zero-order chi connectivity index (χ0) is 39.3. The molecule has 0 fully saturated rings. The van der Waals surface area contributed by atoms with E-state index >= 15 is 0 Å². The number of hydrogen-bond donors (Lipinski definition) is 3. The highest BCUT2D eigenvalue weighted by atomic mass is 31.2. The molecule has 0 aromatic rings. The Hall–Kier alpha value is -2.06. The molecule has 306 valence electrons. The van der Waals surface area contributed by atoms with Crippen LogP contribution in [0.3, 0.4) is 0 Å². The summed E-state index contributed by atoms with van der Waals surface area (Å²) in [7, 11) is 1.55. The molecule has 0 radical (unpaired) electrons. The zero-order valence-electron chi connectivity index (χ0n) is 34.5. The minimum Gasteiger partial charge on any atom is -0.387 e. The Morgan fingerprint density at radius 2 is 1.13 bits per heavy atom. The summed E-state index contributed by atoms with van der Waals surface area (Å²) in [5, 5.41) is 13.7. The van der Waals surface area contributed by atoms with E-state index in [0.717, 1.165) is 83.5 Å². The van der Waals surface area contributed by atoms with Gasteiger partial charge in [0, 0.05) is 6.42 Å². The van der Waals surface area contributed by atoms with Gasteiger partial charge in [0.25, 0.3) is 0 Å². The van der Waals surface area contributed by atoms with Gasteiger partial charge in [-0.15, -0.1) is 0 Å². The third-order valence-electron chi connectivity index (χ3n) is 8.68. The first-order valence-corrected chi connectivity index (χ1v) is 22.3. The quantitative estimate of drug-likeness (QED) is 0.0254. The van der Waals surface area contributed by atoms with Crippen LogP contribution in [-0.4, -0.2) is 73.4 Å². The minimum atomic E-state index is -4.33. The first kappa shape index (κ1) is 50.9. The monoisotopic (exact) mass is 764 g/mol. The second kappa shape index (κ2) is 35.6. The molecule has 3 unspecified atom stereocenters. The topological polar surface area (TPSA) is 105 Å². The standard InChI is InChI=1S/C44H79N2O6P/c1-6-8-10-12-14-16-17-18-19-20-21-22-23-24-25-26-27-28-29-30-32-34-36-38-44(48)45-42(41-52-53(49,50)51-40-39-46(3,4)5)43(47)37-35-33-31-15-13-11-9-7-2/h8,10,14,16,18-19,21-22,24-25,35,37,42-43,47H,6-7,9,11-13,15,17,20,23,26-34,36,38-41H2,1-5H3,(H-,45,48,49,50)/p+1/b10-8-,16-14-,19-18-,22-21-,25-24-,37-35+. The lowest BCUT2D eigenvalue weighted by atomic mass is 10.1. The molecule has 3 N–H and O–H groups in total. The fourth-order valence-corrected chi connectivity index (χ4v) is 6.09. The molecule has 9 heteroatoms. The number of quaternary nitrogens is 1. The Bertz CT molecular complexity index is 1090. The first-order chi connectivity index (χ1) is 25.5. The number of carbonyl (C=O) groups excluding carboxylic acids is 1. The van der Waals surface area contributed by atoms with Gasteiger partial charge in [-0.25, -0.2) is 4.57 Å². The summed E-state index contributed by atoms with van der Waals surface area (Å²) in [6.07, 6.45) is 46.9. The Morgan fingerprint density at radius 3 is 1.66 bits per heavy atom. The minimum absolute atomic E-state index is 0.0549. The van der Waals surface area contributed by atoms with Crippen molar-refractivity contribution in [3.05, 3.63) is 72.9 Å². The van der Waals surface area contributed by atoms with Crippen LogP contribution >= 0.6 is 7.82 Å². The number of phosphoric ester groups is 1. The normalized spacial score (nSPS) is 15.2. The van der Waals surface area contributed by atoms with Crippen LogP contribution in [0.25, 0.3) is 0 Å². The molecule has 0 aromatic heterocycles. The predicted molar refractivity (Wildman–Crippen MR) is 226 cm³/mol. The SMILES string of the molecule is CC/C=C\C/C=C\C/C=C\C/C=C\C/C=C\CCCCCCCCCC(=O)NC(COP(=O)(O)OCC[N+](C)(C)C)C(O)/C=C/CCCCCCCC. The third kappa shape index (κ3) is 38.0. The lowest BCUT2D eigenvalue weighted by molar-refractivity contribution is -0.870. The molecule has 0 heterocycles. The van der Waals surface area contributed by atoms with Crippen molar-refractivity contribution in [2.45, 2.75) is 161 Å². The maximum atomic E-state index is 12.8. The average Bonchev–Trinajstić information content (AvgIpc) is 3.10. The summed E-state index contributed by atoms with van der Waals surface area (Å²) < 4.78 is 23.4. The molecule has 3 atom stereocenters.